The zero-order valence-corrected chi connectivity index (χ0v) is 13.1. The van der Waals surface area contributed by atoms with Crippen LogP contribution in [-0.2, 0) is 0 Å². The Bertz CT molecular complexity index is 394. The van der Waals surface area contributed by atoms with E-state index in [1.54, 1.807) is 7.11 Å². The van der Waals surface area contributed by atoms with E-state index in [-0.39, 0.29) is 6.04 Å². The molecule has 108 valence electrons. The van der Waals surface area contributed by atoms with Gasteiger partial charge >= 0.3 is 0 Å². The number of aryl methyl sites for hydroxylation is 2. The summed E-state index contributed by atoms with van der Waals surface area (Å²) in [6.07, 6.45) is 4.82. The Hall–Kier alpha value is -1.02. The summed E-state index contributed by atoms with van der Waals surface area (Å²) in [6, 6.07) is 4.46. The van der Waals surface area contributed by atoms with Crippen LogP contribution in [0, 0.1) is 19.8 Å². The van der Waals surface area contributed by atoms with Gasteiger partial charge in [-0.2, -0.15) is 0 Å². The normalized spacial score (nSPS) is 12.8. The fourth-order valence-corrected chi connectivity index (χ4v) is 2.89. The van der Waals surface area contributed by atoms with E-state index in [2.05, 4.69) is 39.8 Å². The first-order chi connectivity index (χ1) is 9.04. The zero-order valence-electron chi connectivity index (χ0n) is 13.1. The Morgan fingerprint density at radius 2 is 1.63 bits per heavy atom. The minimum atomic E-state index is 0.143. The highest BCUT2D eigenvalue weighted by Crippen LogP contribution is 2.32. The van der Waals surface area contributed by atoms with Crippen LogP contribution in [0.2, 0.25) is 0 Å². The molecule has 0 saturated heterocycles. The van der Waals surface area contributed by atoms with Crippen LogP contribution in [0.25, 0.3) is 0 Å². The van der Waals surface area contributed by atoms with Gasteiger partial charge in [0.05, 0.1) is 7.11 Å². The van der Waals surface area contributed by atoms with Crippen molar-refractivity contribution < 1.29 is 4.74 Å². The average molecular weight is 263 g/mol. The lowest BCUT2D eigenvalue weighted by molar-refractivity contribution is 0.366. The van der Waals surface area contributed by atoms with E-state index in [0.29, 0.717) is 5.92 Å². The number of methoxy groups -OCH3 is 1. The van der Waals surface area contributed by atoms with Crippen molar-refractivity contribution in [3.05, 3.63) is 28.8 Å². The van der Waals surface area contributed by atoms with E-state index in [0.717, 1.165) is 5.75 Å². The summed E-state index contributed by atoms with van der Waals surface area (Å²) in [5.74, 6) is 1.54. The van der Waals surface area contributed by atoms with Crippen molar-refractivity contribution in [2.45, 2.75) is 59.4 Å². The summed E-state index contributed by atoms with van der Waals surface area (Å²) in [6.45, 7) is 8.69. The van der Waals surface area contributed by atoms with Crippen LogP contribution in [0.4, 0.5) is 0 Å². The molecule has 0 saturated carbocycles. The Kier molecular flexibility index (Phi) is 6.36. The van der Waals surface area contributed by atoms with Gasteiger partial charge in [-0.3, -0.25) is 0 Å². The number of hydrogen-bond acceptors (Lipinski definition) is 2. The van der Waals surface area contributed by atoms with Crippen molar-refractivity contribution in [2.75, 3.05) is 7.11 Å². The second-order valence-electron chi connectivity index (χ2n) is 5.54. The van der Waals surface area contributed by atoms with Crippen LogP contribution >= 0.6 is 0 Å². The van der Waals surface area contributed by atoms with Gasteiger partial charge in [-0.15, -0.1) is 0 Å². The summed E-state index contributed by atoms with van der Waals surface area (Å²) < 4.78 is 5.38. The topological polar surface area (TPSA) is 35.2 Å². The fourth-order valence-electron chi connectivity index (χ4n) is 2.89. The number of benzene rings is 1. The fraction of sp³-hybridized carbons (Fsp3) is 0.647. The first kappa shape index (κ1) is 16.0. The maximum atomic E-state index is 6.53. The summed E-state index contributed by atoms with van der Waals surface area (Å²) >= 11 is 0. The average Bonchev–Trinajstić information content (AvgIpc) is 2.40. The molecule has 0 heterocycles. The molecule has 1 aromatic rings. The van der Waals surface area contributed by atoms with Gasteiger partial charge < -0.3 is 10.5 Å². The quantitative estimate of drug-likeness (QED) is 0.784. The maximum absolute atomic E-state index is 6.53. The number of rotatable bonds is 7. The molecule has 0 spiro atoms. The van der Waals surface area contributed by atoms with Gasteiger partial charge in [0.15, 0.2) is 0 Å². The summed E-state index contributed by atoms with van der Waals surface area (Å²) in [7, 11) is 1.72. The molecule has 0 radical (unpaired) electrons. The molecule has 1 aromatic carbocycles. The van der Waals surface area contributed by atoms with Crippen molar-refractivity contribution in [2.24, 2.45) is 11.7 Å². The third kappa shape index (κ3) is 3.97. The van der Waals surface area contributed by atoms with E-state index in [1.807, 2.05) is 0 Å². The third-order valence-electron chi connectivity index (χ3n) is 3.97. The molecule has 0 aromatic heterocycles. The predicted octanol–water partition coefficient (Wildman–Crippen LogP) is 4.53. The van der Waals surface area contributed by atoms with Gasteiger partial charge in [0.2, 0.25) is 0 Å². The van der Waals surface area contributed by atoms with Crippen LogP contribution in [0.15, 0.2) is 12.1 Å². The van der Waals surface area contributed by atoms with Crippen LogP contribution < -0.4 is 10.5 Å². The maximum Gasteiger partial charge on any atom is 0.122 e. The highest BCUT2D eigenvalue weighted by Gasteiger charge is 2.20. The SMILES string of the molecule is CCCC(CCC)C(N)c1cc(C)c(OC)cc1C. The monoisotopic (exact) mass is 263 g/mol. The summed E-state index contributed by atoms with van der Waals surface area (Å²) in [5.41, 5.74) is 10.2. The smallest absolute Gasteiger partial charge is 0.122 e. The first-order valence-corrected chi connectivity index (χ1v) is 7.45. The molecule has 0 aliphatic heterocycles. The van der Waals surface area contributed by atoms with E-state index < -0.39 is 0 Å². The standard InChI is InChI=1S/C17H29NO/c1-6-8-14(9-7-2)17(18)15-10-13(4)16(19-5)11-12(15)3/h10-11,14,17H,6-9,18H2,1-5H3. The van der Waals surface area contributed by atoms with Crippen LogP contribution in [0.3, 0.4) is 0 Å². The van der Waals surface area contributed by atoms with Crippen LogP contribution in [0.5, 0.6) is 5.75 Å². The molecular weight excluding hydrogens is 234 g/mol. The van der Waals surface area contributed by atoms with Crippen LogP contribution in [0.1, 0.15) is 62.3 Å². The van der Waals surface area contributed by atoms with Gasteiger partial charge in [0.1, 0.15) is 5.75 Å². The minimum Gasteiger partial charge on any atom is -0.496 e. The van der Waals surface area contributed by atoms with Crippen molar-refractivity contribution in [1.29, 1.82) is 0 Å². The highest BCUT2D eigenvalue weighted by atomic mass is 16.5. The van der Waals surface area contributed by atoms with Crippen molar-refractivity contribution in [3.8, 4) is 5.75 Å². The largest absolute Gasteiger partial charge is 0.496 e. The van der Waals surface area contributed by atoms with E-state index in [4.69, 9.17) is 10.5 Å². The lowest BCUT2D eigenvalue weighted by atomic mass is 9.84. The second-order valence-corrected chi connectivity index (χ2v) is 5.54. The summed E-state index contributed by atoms with van der Waals surface area (Å²) in [4.78, 5) is 0. The van der Waals surface area contributed by atoms with Gasteiger partial charge in [-0.25, -0.2) is 0 Å². The molecule has 0 bridgehead atoms. The zero-order chi connectivity index (χ0) is 14.4. The molecular formula is C17H29NO. The highest BCUT2D eigenvalue weighted by molar-refractivity contribution is 5.43. The van der Waals surface area contributed by atoms with Gasteiger partial charge in [0, 0.05) is 6.04 Å². The lowest BCUT2D eigenvalue weighted by Crippen LogP contribution is -2.22. The van der Waals surface area contributed by atoms with Gasteiger partial charge in [-0.1, -0.05) is 32.8 Å². The third-order valence-corrected chi connectivity index (χ3v) is 3.97. The second kappa shape index (κ2) is 7.54. The van der Waals surface area contributed by atoms with Crippen molar-refractivity contribution in [3.63, 3.8) is 0 Å². The molecule has 19 heavy (non-hydrogen) atoms. The Balaban J connectivity index is 3.03. The molecule has 2 nitrogen and oxygen atoms in total. The van der Waals surface area contributed by atoms with Crippen LogP contribution in [-0.4, -0.2) is 7.11 Å². The lowest BCUT2D eigenvalue weighted by Gasteiger charge is -2.26. The predicted molar refractivity (Wildman–Crippen MR) is 82.7 cm³/mol. The molecule has 0 aliphatic carbocycles. The molecule has 2 heteroatoms. The Morgan fingerprint density at radius 1 is 1.05 bits per heavy atom. The Labute approximate surface area is 118 Å². The number of hydrogen-bond donors (Lipinski definition) is 1. The van der Waals surface area contributed by atoms with Crippen molar-refractivity contribution >= 4 is 0 Å². The minimum absolute atomic E-state index is 0.143. The number of nitrogens with two attached hydrogens (primary N) is 1. The molecule has 1 unspecified atom stereocenters. The first-order valence-electron chi connectivity index (χ1n) is 7.45. The van der Waals surface area contributed by atoms with E-state index in [1.165, 1.54) is 42.4 Å². The molecule has 0 amide bonds. The van der Waals surface area contributed by atoms with Gasteiger partial charge in [0.25, 0.3) is 0 Å². The Morgan fingerprint density at radius 3 is 2.11 bits per heavy atom. The van der Waals surface area contributed by atoms with E-state index in [9.17, 15) is 0 Å². The molecule has 1 atom stereocenters. The number of ether oxygens (including phenoxy) is 1. The van der Waals surface area contributed by atoms with Gasteiger partial charge in [-0.05, 0) is 55.4 Å². The summed E-state index contributed by atoms with van der Waals surface area (Å²) in [5, 5.41) is 0. The molecule has 2 N–H and O–H groups in total. The molecule has 0 aliphatic rings. The van der Waals surface area contributed by atoms with Crippen molar-refractivity contribution in [1.82, 2.24) is 0 Å². The molecule has 0 fully saturated rings. The molecule has 1 rings (SSSR count). The van der Waals surface area contributed by atoms with E-state index >= 15 is 0 Å².